The summed E-state index contributed by atoms with van der Waals surface area (Å²) in [6, 6.07) is 9.76. The van der Waals surface area contributed by atoms with Crippen LogP contribution in [0.2, 0.25) is 0 Å². The van der Waals surface area contributed by atoms with Gasteiger partial charge in [0.15, 0.2) is 5.58 Å². The third kappa shape index (κ3) is 3.94. The molecule has 0 unspecified atom stereocenters. The molecule has 0 aliphatic carbocycles. The molecule has 0 radical (unpaired) electrons. The number of hydrogen-bond acceptors (Lipinski definition) is 7. The van der Waals surface area contributed by atoms with E-state index in [1.807, 2.05) is 35.7 Å². The number of ether oxygens (including phenoxy) is 1. The molecule has 1 aromatic carbocycles. The summed E-state index contributed by atoms with van der Waals surface area (Å²) in [5, 5.41) is 1.88. The van der Waals surface area contributed by atoms with Crippen molar-refractivity contribution in [2.24, 2.45) is 0 Å². The Bertz CT molecular complexity index is 986. The van der Waals surface area contributed by atoms with E-state index < -0.39 is 11.6 Å². The van der Waals surface area contributed by atoms with Crippen molar-refractivity contribution in [3.63, 3.8) is 0 Å². The van der Waals surface area contributed by atoms with Crippen LogP contribution in [0.1, 0.15) is 20.8 Å². The third-order valence-electron chi connectivity index (χ3n) is 3.53. The number of likely N-dealkylation sites (N-methyl/N-ethyl adjacent to an activating group) is 1. The van der Waals surface area contributed by atoms with Crippen LogP contribution in [-0.2, 0) is 9.53 Å². The van der Waals surface area contributed by atoms with Crippen LogP contribution in [0.15, 0.2) is 44.9 Å². The van der Waals surface area contributed by atoms with Gasteiger partial charge in [-0.2, -0.15) is 4.98 Å². The minimum atomic E-state index is -0.579. The van der Waals surface area contributed by atoms with Gasteiger partial charge in [-0.25, -0.2) is 0 Å². The number of nitrogens with zero attached hydrogens (tertiary/aromatic N) is 2. The van der Waals surface area contributed by atoms with Crippen molar-refractivity contribution in [3.8, 4) is 11.1 Å². The van der Waals surface area contributed by atoms with E-state index >= 15 is 0 Å². The number of carbonyl (C=O) groups excluding carboxylic acids is 1. The monoisotopic (exact) mass is 372 g/mol. The lowest BCUT2D eigenvalue weighted by molar-refractivity contribution is -0.152. The number of carbonyl (C=O) groups is 1. The smallest absolute Gasteiger partial charge is 0.326 e. The van der Waals surface area contributed by atoms with Crippen LogP contribution in [0.5, 0.6) is 0 Å². The Morgan fingerprint density at radius 1 is 1.27 bits per heavy atom. The van der Waals surface area contributed by atoms with Gasteiger partial charge in [-0.3, -0.25) is 9.59 Å². The Kier molecular flexibility index (Phi) is 4.82. The molecule has 0 aliphatic rings. The van der Waals surface area contributed by atoms with Gasteiger partial charge < -0.3 is 14.1 Å². The van der Waals surface area contributed by atoms with Crippen LogP contribution in [0.4, 0.5) is 6.01 Å². The second-order valence-corrected chi connectivity index (χ2v) is 7.80. The zero-order valence-corrected chi connectivity index (χ0v) is 15.9. The summed E-state index contributed by atoms with van der Waals surface area (Å²) in [6.07, 6.45) is 0. The molecule has 136 valence electrons. The highest BCUT2D eigenvalue weighted by Crippen LogP contribution is 2.33. The largest absolute Gasteiger partial charge is 0.459 e. The molecule has 3 aromatic rings. The lowest BCUT2D eigenvalue weighted by atomic mass is 10.1. The van der Waals surface area contributed by atoms with Gasteiger partial charge in [0.25, 0.3) is 5.56 Å². The number of aromatic nitrogens is 1. The highest BCUT2D eigenvalue weighted by Gasteiger charge is 2.21. The molecule has 0 atom stereocenters. The van der Waals surface area contributed by atoms with Crippen molar-refractivity contribution in [2.75, 3.05) is 18.5 Å². The summed E-state index contributed by atoms with van der Waals surface area (Å²) in [5.74, 6) is -0.418. The highest BCUT2D eigenvalue weighted by molar-refractivity contribution is 7.17. The number of esters is 1. The van der Waals surface area contributed by atoms with Crippen molar-refractivity contribution in [1.29, 1.82) is 0 Å². The fourth-order valence-corrected chi connectivity index (χ4v) is 3.35. The molecule has 0 aliphatic heterocycles. The van der Waals surface area contributed by atoms with E-state index in [1.54, 1.807) is 27.8 Å². The Morgan fingerprint density at radius 2 is 1.96 bits per heavy atom. The van der Waals surface area contributed by atoms with Crippen molar-refractivity contribution in [2.45, 2.75) is 26.4 Å². The van der Waals surface area contributed by atoms with E-state index in [0.29, 0.717) is 10.3 Å². The minimum Gasteiger partial charge on any atom is -0.459 e. The summed E-state index contributed by atoms with van der Waals surface area (Å²) in [4.78, 5) is 29.8. The van der Waals surface area contributed by atoms with Gasteiger partial charge in [-0.05, 0) is 26.3 Å². The Hall–Kier alpha value is -2.67. The van der Waals surface area contributed by atoms with E-state index in [1.165, 1.54) is 16.2 Å². The molecule has 6 nitrogen and oxygen atoms in total. The molecule has 2 aromatic heterocycles. The average molecular weight is 372 g/mol. The summed E-state index contributed by atoms with van der Waals surface area (Å²) < 4.78 is 11.6. The summed E-state index contributed by atoms with van der Waals surface area (Å²) in [6.45, 7) is 5.33. The topological polar surface area (TPSA) is 72.6 Å². The normalized spacial score (nSPS) is 11.5. The van der Waals surface area contributed by atoms with Gasteiger partial charge in [0.05, 0.1) is 0 Å². The highest BCUT2D eigenvalue weighted by atomic mass is 32.1. The van der Waals surface area contributed by atoms with Crippen molar-refractivity contribution < 1.29 is 13.9 Å². The maximum atomic E-state index is 12.4. The van der Waals surface area contributed by atoms with Crippen LogP contribution >= 0.6 is 11.3 Å². The van der Waals surface area contributed by atoms with Crippen molar-refractivity contribution in [1.82, 2.24) is 4.98 Å². The first-order chi connectivity index (χ1) is 12.2. The molecule has 2 heterocycles. The summed E-state index contributed by atoms with van der Waals surface area (Å²) in [5.41, 5.74) is 1.31. The van der Waals surface area contributed by atoms with Crippen LogP contribution in [0, 0.1) is 0 Å². The summed E-state index contributed by atoms with van der Waals surface area (Å²) >= 11 is 1.30. The zero-order valence-electron chi connectivity index (χ0n) is 15.1. The molecule has 7 heteroatoms. The zero-order chi connectivity index (χ0) is 18.9. The number of thiophene rings is 1. The molecule has 0 fully saturated rings. The standard InChI is InChI=1S/C19H20N2O4S/c1-19(2,3)25-14(22)10-21(4)18-20-17(23)16-15(24-18)13(11-26-16)12-8-6-5-7-9-12/h5-9,11H,10H2,1-4H3. The van der Waals surface area contributed by atoms with Crippen molar-refractivity contribution in [3.05, 3.63) is 46.1 Å². The van der Waals surface area contributed by atoms with Gasteiger partial charge in [0.2, 0.25) is 0 Å². The maximum Gasteiger partial charge on any atom is 0.326 e. The van der Waals surface area contributed by atoms with E-state index in [-0.39, 0.29) is 18.1 Å². The molecule has 26 heavy (non-hydrogen) atoms. The van der Waals surface area contributed by atoms with Gasteiger partial charge in [-0.1, -0.05) is 30.3 Å². The predicted molar refractivity (Wildman–Crippen MR) is 103 cm³/mol. The van der Waals surface area contributed by atoms with Gasteiger partial charge in [0.1, 0.15) is 16.8 Å². The van der Waals surface area contributed by atoms with Gasteiger partial charge in [0, 0.05) is 18.0 Å². The Balaban J connectivity index is 1.95. The fourth-order valence-electron chi connectivity index (χ4n) is 2.46. The summed E-state index contributed by atoms with van der Waals surface area (Å²) in [7, 11) is 1.63. The van der Waals surface area contributed by atoms with Crippen LogP contribution in [0.25, 0.3) is 21.4 Å². The third-order valence-corrected chi connectivity index (χ3v) is 4.48. The number of fused-ring (bicyclic) bond motifs is 1. The average Bonchev–Trinajstić information content (AvgIpc) is 2.98. The number of anilines is 1. The van der Waals surface area contributed by atoms with Crippen molar-refractivity contribution >= 4 is 33.6 Å². The first-order valence-electron chi connectivity index (χ1n) is 8.15. The molecule has 3 rings (SSSR count). The SMILES string of the molecule is CN(CC(=O)OC(C)(C)C)c1nc(=O)c2scc(-c3ccccc3)c2o1. The Morgan fingerprint density at radius 3 is 2.62 bits per heavy atom. The van der Waals surface area contributed by atoms with E-state index in [9.17, 15) is 9.59 Å². The van der Waals surface area contributed by atoms with Crippen LogP contribution in [0.3, 0.4) is 0 Å². The number of rotatable bonds is 4. The molecule has 0 saturated heterocycles. The van der Waals surface area contributed by atoms with E-state index in [4.69, 9.17) is 9.15 Å². The first kappa shape index (κ1) is 18.1. The molecule has 0 spiro atoms. The first-order valence-corrected chi connectivity index (χ1v) is 9.03. The molecule has 0 bridgehead atoms. The van der Waals surface area contributed by atoms with Crippen LogP contribution in [-0.4, -0.2) is 30.1 Å². The van der Waals surface area contributed by atoms with Crippen LogP contribution < -0.4 is 10.5 Å². The minimum absolute atomic E-state index is 0.0659. The van der Waals surface area contributed by atoms with Gasteiger partial charge >= 0.3 is 12.0 Å². The quantitative estimate of drug-likeness (QED) is 0.650. The van der Waals surface area contributed by atoms with E-state index in [0.717, 1.165) is 11.1 Å². The fraction of sp³-hybridized carbons (Fsp3) is 0.316. The molecular formula is C19H20N2O4S. The molecule has 0 N–H and O–H groups in total. The second kappa shape index (κ2) is 6.92. The molecular weight excluding hydrogens is 352 g/mol. The molecule has 0 amide bonds. The van der Waals surface area contributed by atoms with Gasteiger partial charge in [-0.15, -0.1) is 11.3 Å². The Labute approximate surface area is 155 Å². The lowest BCUT2D eigenvalue weighted by Gasteiger charge is -2.22. The second-order valence-electron chi connectivity index (χ2n) is 6.92. The van der Waals surface area contributed by atoms with E-state index in [2.05, 4.69) is 4.98 Å². The number of benzene rings is 1. The number of hydrogen-bond donors (Lipinski definition) is 0. The predicted octanol–water partition coefficient (Wildman–Crippen LogP) is 3.69. The maximum absolute atomic E-state index is 12.4. The molecule has 0 saturated carbocycles. The lowest BCUT2D eigenvalue weighted by Crippen LogP contribution is -2.33.